The fourth-order valence-electron chi connectivity index (χ4n) is 3.21. The van der Waals surface area contributed by atoms with Crippen LogP contribution in [0.1, 0.15) is 27.6 Å². The van der Waals surface area contributed by atoms with Gasteiger partial charge in [-0.3, -0.25) is 4.79 Å². The summed E-state index contributed by atoms with van der Waals surface area (Å²) in [7, 11) is 1.59. The molecule has 0 amide bonds. The maximum Gasteiger partial charge on any atom is 0.196 e. The minimum atomic E-state index is -0.657. The van der Waals surface area contributed by atoms with E-state index in [1.165, 1.54) is 12.1 Å². The van der Waals surface area contributed by atoms with Gasteiger partial charge in [0.05, 0.1) is 12.7 Å². The lowest BCUT2D eigenvalue weighted by atomic mass is 9.89. The van der Waals surface area contributed by atoms with Crippen LogP contribution in [-0.4, -0.2) is 23.1 Å². The fourth-order valence-corrected chi connectivity index (χ4v) is 3.21. The summed E-state index contributed by atoms with van der Waals surface area (Å²) in [4.78, 5) is 13.2. The van der Waals surface area contributed by atoms with Crippen LogP contribution in [-0.2, 0) is 0 Å². The van der Waals surface area contributed by atoms with Gasteiger partial charge in [-0.1, -0.05) is 30.3 Å². The second-order valence-corrected chi connectivity index (χ2v) is 6.44. The lowest BCUT2D eigenvalue weighted by Gasteiger charge is -2.28. The monoisotopic (exact) mass is 374 g/mol. The number of phenolic OH excluding ortho intramolecular Hbond substituents is 2. The highest BCUT2D eigenvalue weighted by Crippen LogP contribution is 2.41. The Bertz CT molecular complexity index is 1070. The van der Waals surface area contributed by atoms with Gasteiger partial charge in [0.15, 0.2) is 11.9 Å². The highest BCUT2D eigenvalue weighted by atomic mass is 16.5. The van der Waals surface area contributed by atoms with E-state index in [1.807, 2.05) is 12.1 Å². The molecule has 0 fully saturated rings. The molecule has 1 heterocycles. The average molecular weight is 374 g/mol. The van der Waals surface area contributed by atoms with Crippen LogP contribution in [0.3, 0.4) is 0 Å². The molecule has 3 aromatic rings. The van der Waals surface area contributed by atoms with Crippen LogP contribution in [0.4, 0.5) is 0 Å². The molecule has 0 aromatic heterocycles. The van der Waals surface area contributed by atoms with E-state index in [2.05, 4.69) is 0 Å². The summed E-state index contributed by atoms with van der Waals surface area (Å²) in [6, 6.07) is 18.5. The van der Waals surface area contributed by atoms with Crippen molar-refractivity contribution < 1.29 is 24.5 Å². The lowest BCUT2D eigenvalue weighted by Crippen LogP contribution is -2.23. The molecular formula is C23H18O5. The molecule has 0 radical (unpaired) electrons. The highest BCUT2D eigenvalue weighted by Gasteiger charge is 2.33. The topological polar surface area (TPSA) is 76.0 Å². The molecule has 0 bridgehead atoms. The standard InChI is InChI=1S/C23H18O5/c1-27-17-9-6-14(7-10-17)23-19(12-15-4-2-3-5-20(15)25)22(26)18-13-16(24)8-11-21(18)28-23/h2-13,23-25H,1H3. The van der Waals surface area contributed by atoms with E-state index in [1.54, 1.807) is 55.7 Å². The number of hydrogen-bond acceptors (Lipinski definition) is 5. The summed E-state index contributed by atoms with van der Waals surface area (Å²) in [6.45, 7) is 0. The van der Waals surface area contributed by atoms with Gasteiger partial charge in [-0.2, -0.15) is 0 Å². The van der Waals surface area contributed by atoms with Gasteiger partial charge in [-0.15, -0.1) is 0 Å². The van der Waals surface area contributed by atoms with Crippen LogP contribution >= 0.6 is 0 Å². The molecule has 5 heteroatoms. The Hall–Kier alpha value is -3.73. The van der Waals surface area contributed by atoms with Crippen molar-refractivity contribution in [3.63, 3.8) is 0 Å². The maximum absolute atomic E-state index is 13.2. The minimum absolute atomic E-state index is 0.0134. The number of Topliss-reactive ketones (excluding diaryl/α,β-unsaturated/α-hetero) is 1. The molecule has 1 aliphatic rings. The number of ketones is 1. The second kappa shape index (κ2) is 7.12. The Kier molecular flexibility index (Phi) is 4.49. The number of phenols is 2. The van der Waals surface area contributed by atoms with Crippen molar-refractivity contribution in [2.45, 2.75) is 6.10 Å². The molecule has 140 valence electrons. The van der Waals surface area contributed by atoms with Gasteiger partial charge in [-0.25, -0.2) is 0 Å². The molecular weight excluding hydrogens is 356 g/mol. The van der Waals surface area contributed by atoms with Crippen molar-refractivity contribution in [2.24, 2.45) is 0 Å². The van der Waals surface area contributed by atoms with E-state index in [9.17, 15) is 15.0 Å². The normalized spacial score (nSPS) is 17.1. The van der Waals surface area contributed by atoms with E-state index in [0.29, 0.717) is 22.6 Å². The van der Waals surface area contributed by atoms with E-state index in [0.717, 1.165) is 5.56 Å². The number of rotatable bonds is 3. The third-order valence-electron chi connectivity index (χ3n) is 4.66. The van der Waals surface area contributed by atoms with Crippen LogP contribution in [0.15, 0.2) is 72.3 Å². The van der Waals surface area contributed by atoms with Crippen molar-refractivity contribution in [1.82, 2.24) is 0 Å². The van der Waals surface area contributed by atoms with Crippen LogP contribution in [0, 0.1) is 0 Å². The molecule has 0 spiro atoms. The summed E-state index contributed by atoms with van der Waals surface area (Å²) in [5.41, 5.74) is 1.93. The Morgan fingerprint density at radius 1 is 1.00 bits per heavy atom. The molecule has 5 nitrogen and oxygen atoms in total. The quantitative estimate of drug-likeness (QED) is 0.660. The van der Waals surface area contributed by atoms with Gasteiger partial charge in [0.25, 0.3) is 0 Å². The molecule has 28 heavy (non-hydrogen) atoms. The third kappa shape index (κ3) is 3.18. The zero-order chi connectivity index (χ0) is 19.7. The number of carbonyl (C=O) groups excluding carboxylic acids is 1. The third-order valence-corrected chi connectivity index (χ3v) is 4.66. The average Bonchev–Trinajstić information content (AvgIpc) is 2.72. The first kappa shape index (κ1) is 17.7. The first-order valence-electron chi connectivity index (χ1n) is 8.74. The molecule has 1 aliphatic heterocycles. The van der Waals surface area contributed by atoms with Gasteiger partial charge >= 0.3 is 0 Å². The molecule has 0 saturated carbocycles. The van der Waals surface area contributed by atoms with Crippen molar-refractivity contribution in [3.8, 4) is 23.0 Å². The summed E-state index contributed by atoms with van der Waals surface area (Å²) in [5, 5.41) is 19.9. The van der Waals surface area contributed by atoms with Crippen LogP contribution in [0.5, 0.6) is 23.0 Å². The van der Waals surface area contributed by atoms with E-state index < -0.39 is 6.10 Å². The largest absolute Gasteiger partial charge is 0.508 e. The summed E-state index contributed by atoms with van der Waals surface area (Å²) < 4.78 is 11.3. The Labute approximate surface area is 162 Å². The van der Waals surface area contributed by atoms with Gasteiger partial charge in [-0.05, 0) is 48.0 Å². The van der Waals surface area contributed by atoms with Crippen LogP contribution < -0.4 is 9.47 Å². The van der Waals surface area contributed by atoms with Gasteiger partial charge in [0.2, 0.25) is 0 Å². The van der Waals surface area contributed by atoms with E-state index in [4.69, 9.17) is 9.47 Å². The second-order valence-electron chi connectivity index (χ2n) is 6.44. The summed E-state index contributed by atoms with van der Waals surface area (Å²) >= 11 is 0. The first-order chi connectivity index (χ1) is 13.6. The molecule has 4 rings (SSSR count). The van der Waals surface area contributed by atoms with Gasteiger partial charge in [0.1, 0.15) is 23.0 Å². The van der Waals surface area contributed by atoms with Crippen molar-refractivity contribution >= 4 is 11.9 Å². The van der Waals surface area contributed by atoms with Gasteiger partial charge < -0.3 is 19.7 Å². The number of hydrogen-bond donors (Lipinski definition) is 2. The summed E-state index contributed by atoms with van der Waals surface area (Å²) in [5.74, 6) is 0.889. The predicted molar refractivity (Wildman–Crippen MR) is 105 cm³/mol. The fraction of sp³-hybridized carbons (Fsp3) is 0.0870. The Balaban J connectivity index is 1.86. The number of aromatic hydroxyl groups is 2. The zero-order valence-corrected chi connectivity index (χ0v) is 15.1. The number of carbonyl (C=O) groups is 1. The first-order valence-corrected chi connectivity index (χ1v) is 8.74. The van der Waals surface area contributed by atoms with Gasteiger partial charge in [0, 0.05) is 11.1 Å². The van der Waals surface area contributed by atoms with Crippen molar-refractivity contribution in [2.75, 3.05) is 7.11 Å². The highest BCUT2D eigenvalue weighted by molar-refractivity contribution is 6.15. The Morgan fingerprint density at radius 2 is 1.75 bits per heavy atom. The Morgan fingerprint density at radius 3 is 2.46 bits per heavy atom. The van der Waals surface area contributed by atoms with Crippen molar-refractivity contribution in [3.05, 3.63) is 89.0 Å². The number of ether oxygens (including phenoxy) is 2. The molecule has 1 atom stereocenters. The number of para-hydroxylation sites is 1. The number of methoxy groups -OCH3 is 1. The zero-order valence-electron chi connectivity index (χ0n) is 15.1. The maximum atomic E-state index is 13.2. The number of fused-ring (bicyclic) bond motifs is 1. The lowest BCUT2D eigenvalue weighted by molar-refractivity contribution is 0.0963. The number of benzene rings is 3. The van der Waals surface area contributed by atoms with Crippen LogP contribution in [0.25, 0.3) is 6.08 Å². The molecule has 0 saturated heterocycles. The molecule has 2 N–H and O–H groups in total. The van der Waals surface area contributed by atoms with Crippen LogP contribution in [0.2, 0.25) is 0 Å². The van der Waals surface area contributed by atoms with E-state index >= 15 is 0 Å². The van der Waals surface area contributed by atoms with E-state index in [-0.39, 0.29) is 22.8 Å². The summed E-state index contributed by atoms with van der Waals surface area (Å²) in [6.07, 6.45) is 0.967. The molecule has 0 aliphatic carbocycles. The molecule has 1 unspecified atom stereocenters. The smallest absolute Gasteiger partial charge is 0.196 e. The SMILES string of the molecule is COc1ccc(C2Oc3ccc(O)cc3C(=O)C2=Cc2ccccc2O)cc1. The predicted octanol–water partition coefficient (Wildman–Crippen LogP) is 4.51. The molecule has 3 aromatic carbocycles. The van der Waals surface area contributed by atoms with Crippen molar-refractivity contribution in [1.29, 1.82) is 0 Å². The minimum Gasteiger partial charge on any atom is -0.508 e.